The van der Waals surface area contributed by atoms with E-state index in [-0.39, 0.29) is 21.2 Å². The molecule has 0 aliphatic rings. The fraction of sp³-hybridized carbons (Fsp3) is 0.0714. The average molecular weight is 533 g/mol. The Balaban J connectivity index is 1.81. The van der Waals surface area contributed by atoms with E-state index in [1.807, 2.05) is 6.92 Å². The van der Waals surface area contributed by atoms with Crippen molar-refractivity contribution in [2.45, 2.75) is 22.8 Å². The number of aromatic nitrogens is 1. The first kappa shape index (κ1) is 24.8. The zero-order valence-electron chi connectivity index (χ0n) is 19.9. The number of nitrogens with one attached hydrogen (secondary N) is 1. The van der Waals surface area contributed by atoms with Gasteiger partial charge in [0.2, 0.25) is 10.0 Å². The van der Waals surface area contributed by atoms with Gasteiger partial charge in [-0.05, 0) is 49.4 Å². The van der Waals surface area contributed by atoms with Crippen LogP contribution in [0.4, 0.5) is 0 Å². The number of hydrogen-bond donors (Lipinski definition) is 1. The third kappa shape index (κ3) is 4.42. The van der Waals surface area contributed by atoms with Crippen molar-refractivity contribution in [1.29, 1.82) is 0 Å². The lowest BCUT2D eigenvalue weighted by Gasteiger charge is -2.21. The normalized spacial score (nSPS) is 13.0. The van der Waals surface area contributed by atoms with E-state index >= 15 is 0 Å². The van der Waals surface area contributed by atoms with Crippen molar-refractivity contribution in [3.8, 4) is 0 Å². The van der Waals surface area contributed by atoms with Crippen molar-refractivity contribution in [2.24, 2.45) is 0 Å². The molecule has 1 unspecified atom stereocenters. The Hall–Kier alpha value is -3.92. The number of sulfonamides is 1. The zero-order chi connectivity index (χ0) is 26.2. The Labute approximate surface area is 215 Å². The maximum atomic E-state index is 14.1. The number of benzene rings is 3. The molecule has 0 saturated carbocycles. The SMILES string of the molecule is C=Cc1c(C(NS(=O)(=O)c2ccc(C)cc2)c2ccco2)n(S(=O)(=O)c2ccccc2)c2ccccc12. The zero-order valence-corrected chi connectivity index (χ0v) is 21.5. The molecule has 0 aliphatic carbocycles. The molecule has 0 spiro atoms. The molecule has 0 amide bonds. The van der Waals surface area contributed by atoms with Crippen LogP contribution in [0.2, 0.25) is 0 Å². The van der Waals surface area contributed by atoms with E-state index in [9.17, 15) is 16.8 Å². The summed E-state index contributed by atoms with van der Waals surface area (Å²) in [6.07, 6.45) is 2.94. The van der Waals surface area contributed by atoms with E-state index in [4.69, 9.17) is 4.42 Å². The summed E-state index contributed by atoms with van der Waals surface area (Å²) in [7, 11) is -8.25. The number of nitrogens with zero attached hydrogens (tertiary/aromatic N) is 1. The van der Waals surface area contributed by atoms with Gasteiger partial charge >= 0.3 is 0 Å². The van der Waals surface area contributed by atoms with Crippen LogP contribution in [0.25, 0.3) is 17.0 Å². The molecular weight excluding hydrogens is 508 g/mol. The van der Waals surface area contributed by atoms with Crippen molar-refractivity contribution in [2.75, 3.05) is 0 Å². The van der Waals surface area contributed by atoms with Gasteiger partial charge in [-0.25, -0.2) is 20.8 Å². The minimum atomic E-state index is -4.16. The Morgan fingerprint density at radius 3 is 2.16 bits per heavy atom. The lowest BCUT2D eigenvalue weighted by atomic mass is 10.1. The second-order valence-electron chi connectivity index (χ2n) is 8.49. The third-order valence-corrected chi connectivity index (χ3v) is 9.28. The van der Waals surface area contributed by atoms with Gasteiger partial charge in [0.15, 0.2) is 0 Å². The molecule has 9 heteroatoms. The number of rotatable bonds is 8. The van der Waals surface area contributed by atoms with Crippen LogP contribution in [-0.2, 0) is 20.0 Å². The van der Waals surface area contributed by atoms with Crippen molar-refractivity contribution in [1.82, 2.24) is 8.69 Å². The van der Waals surface area contributed by atoms with E-state index in [1.165, 1.54) is 40.6 Å². The molecular formula is C28H24N2O5S2. The van der Waals surface area contributed by atoms with Gasteiger partial charge in [-0.1, -0.05) is 66.7 Å². The summed E-state index contributed by atoms with van der Waals surface area (Å²) < 4.78 is 64.7. The van der Waals surface area contributed by atoms with Crippen LogP contribution in [0.5, 0.6) is 0 Å². The molecule has 7 nitrogen and oxygen atoms in total. The van der Waals surface area contributed by atoms with E-state index in [2.05, 4.69) is 11.3 Å². The van der Waals surface area contributed by atoms with Gasteiger partial charge in [0, 0.05) is 10.9 Å². The maximum absolute atomic E-state index is 14.1. The molecule has 0 fully saturated rings. The smallest absolute Gasteiger partial charge is 0.268 e. The van der Waals surface area contributed by atoms with Gasteiger partial charge < -0.3 is 4.42 Å². The predicted octanol–water partition coefficient (Wildman–Crippen LogP) is 5.49. The van der Waals surface area contributed by atoms with Crippen molar-refractivity contribution in [3.63, 3.8) is 0 Å². The predicted molar refractivity (Wildman–Crippen MR) is 143 cm³/mol. The Kier molecular flexibility index (Phi) is 6.36. The maximum Gasteiger partial charge on any atom is 0.268 e. The largest absolute Gasteiger partial charge is 0.467 e. The van der Waals surface area contributed by atoms with E-state index in [1.54, 1.807) is 66.7 Å². The minimum Gasteiger partial charge on any atom is -0.467 e. The Morgan fingerprint density at radius 2 is 1.51 bits per heavy atom. The second-order valence-corrected chi connectivity index (χ2v) is 12.0. The Bertz CT molecular complexity index is 1790. The molecule has 1 N–H and O–H groups in total. The number of furan rings is 1. The van der Waals surface area contributed by atoms with Gasteiger partial charge in [-0.2, -0.15) is 4.72 Å². The fourth-order valence-electron chi connectivity index (χ4n) is 4.34. The molecule has 3 aromatic carbocycles. The highest BCUT2D eigenvalue weighted by Gasteiger charge is 2.35. The summed E-state index contributed by atoms with van der Waals surface area (Å²) in [5.74, 6) is 0.228. The van der Waals surface area contributed by atoms with Gasteiger partial charge in [0.1, 0.15) is 11.8 Å². The highest BCUT2D eigenvalue weighted by Crippen LogP contribution is 2.38. The standard InChI is InChI=1S/C28H24N2O5S2/c1-3-23-24-12-7-8-13-25(24)30(37(33,34)22-10-5-4-6-11-22)28(23)27(26-14-9-19-35-26)29-36(31,32)21-17-15-20(2)16-18-21/h3-19,27,29H,1H2,2H3. The van der Waals surface area contributed by atoms with Crippen LogP contribution in [0.15, 0.2) is 118 Å². The monoisotopic (exact) mass is 532 g/mol. The summed E-state index contributed by atoms with van der Waals surface area (Å²) >= 11 is 0. The quantitative estimate of drug-likeness (QED) is 0.285. The first-order valence-corrected chi connectivity index (χ1v) is 14.3. The lowest BCUT2D eigenvalue weighted by molar-refractivity contribution is 0.465. The number of aryl methyl sites for hydroxylation is 1. The van der Waals surface area contributed by atoms with Gasteiger partial charge in [-0.3, -0.25) is 0 Å². The first-order valence-electron chi connectivity index (χ1n) is 11.4. The van der Waals surface area contributed by atoms with Gasteiger partial charge in [-0.15, -0.1) is 0 Å². The molecule has 2 aromatic heterocycles. The first-order chi connectivity index (χ1) is 17.7. The number of fused-ring (bicyclic) bond motifs is 1. The Morgan fingerprint density at radius 1 is 0.838 bits per heavy atom. The molecule has 0 aliphatic heterocycles. The van der Waals surface area contributed by atoms with E-state index in [0.717, 1.165) is 5.56 Å². The molecule has 5 rings (SSSR count). The molecule has 0 radical (unpaired) electrons. The lowest BCUT2D eigenvalue weighted by Crippen LogP contribution is -2.32. The third-order valence-electron chi connectivity index (χ3n) is 6.10. The van der Waals surface area contributed by atoms with Crippen LogP contribution in [0, 0.1) is 6.92 Å². The van der Waals surface area contributed by atoms with Gasteiger partial charge in [0.25, 0.3) is 10.0 Å². The number of para-hydroxylation sites is 1. The van der Waals surface area contributed by atoms with Gasteiger partial charge in [0.05, 0.1) is 27.3 Å². The van der Waals surface area contributed by atoms with Crippen LogP contribution < -0.4 is 4.72 Å². The van der Waals surface area contributed by atoms with Crippen molar-refractivity contribution in [3.05, 3.63) is 126 Å². The van der Waals surface area contributed by atoms with Crippen molar-refractivity contribution < 1.29 is 21.3 Å². The summed E-state index contributed by atoms with van der Waals surface area (Å²) in [6, 6.07) is 23.4. The summed E-state index contributed by atoms with van der Waals surface area (Å²) in [5, 5.41) is 0.609. The molecule has 188 valence electrons. The molecule has 2 heterocycles. The van der Waals surface area contributed by atoms with E-state index < -0.39 is 26.1 Å². The second kappa shape index (κ2) is 9.51. The van der Waals surface area contributed by atoms with Crippen LogP contribution >= 0.6 is 0 Å². The molecule has 5 aromatic rings. The molecule has 0 saturated heterocycles. The van der Waals surface area contributed by atoms with E-state index in [0.29, 0.717) is 16.5 Å². The molecule has 1 atom stereocenters. The minimum absolute atomic E-state index is 0.0448. The highest BCUT2D eigenvalue weighted by molar-refractivity contribution is 7.90. The summed E-state index contributed by atoms with van der Waals surface area (Å²) in [4.78, 5) is 0.107. The topological polar surface area (TPSA) is 98.4 Å². The summed E-state index contributed by atoms with van der Waals surface area (Å²) in [6.45, 7) is 5.78. The van der Waals surface area contributed by atoms with Crippen LogP contribution in [0.3, 0.4) is 0 Å². The molecule has 0 bridgehead atoms. The molecule has 37 heavy (non-hydrogen) atoms. The average Bonchev–Trinajstić information content (AvgIpc) is 3.55. The fourth-order valence-corrected chi connectivity index (χ4v) is 7.11. The van der Waals surface area contributed by atoms with Crippen molar-refractivity contribution >= 4 is 37.0 Å². The van der Waals surface area contributed by atoms with Crippen LogP contribution in [0.1, 0.15) is 28.6 Å². The highest BCUT2D eigenvalue weighted by atomic mass is 32.2. The van der Waals surface area contributed by atoms with Crippen LogP contribution in [-0.4, -0.2) is 20.8 Å². The summed E-state index contributed by atoms with van der Waals surface area (Å²) in [5.41, 5.74) is 1.95. The number of hydrogen-bond acceptors (Lipinski definition) is 5.